The number of anilines is 2. The third kappa shape index (κ3) is 3.39. The molecule has 1 N–H and O–H groups in total. The smallest absolute Gasteiger partial charge is 0.410 e. The summed E-state index contributed by atoms with van der Waals surface area (Å²) in [5.41, 5.74) is 2.15. The van der Waals surface area contributed by atoms with Crippen LogP contribution >= 0.6 is 0 Å². The van der Waals surface area contributed by atoms with Crippen molar-refractivity contribution in [3.05, 3.63) is 60.7 Å². The molecular formula is C18H21N3O2. The quantitative estimate of drug-likeness (QED) is 0.942. The van der Waals surface area contributed by atoms with Crippen LogP contribution in [0.4, 0.5) is 16.2 Å². The third-order valence-electron chi connectivity index (χ3n) is 3.87. The highest BCUT2D eigenvalue weighted by Gasteiger charge is 2.33. The number of para-hydroxylation sites is 2. The molecule has 2 aromatic rings. The van der Waals surface area contributed by atoms with Crippen molar-refractivity contribution < 1.29 is 9.53 Å². The molecule has 0 atom stereocenters. The molecule has 23 heavy (non-hydrogen) atoms. The largest absolute Gasteiger partial charge is 0.450 e. The first-order valence-corrected chi connectivity index (χ1v) is 7.86. The summed E-state index contributed by atoms with van der Waals surface area (Å²) in [6, 6.07) is 20.2. The minimum Gasteiger partial charge on any atom is -0.450 e. The number of rotatable bonds is 4. The van der Waals surface area contributed by atoms with Crippen molar-refractivity contribution in [2.75, 3.05) is 29.5 Å². The molecule has 1 heterocycles. The number of hydrogen-bond acceptors (Lipinski definition) is 4. The molecule has 0 spiro atoms. The summed E-state index contributed by atoms with van der Waals surface area (Å²) < 4.78 is 5.07. The molecule has 1 aliphatic heterocycles. The van der Waals surface area contributed by atoms with E-state index in [1.807, 2.05) is 60.7 Å². The standard InChI is InChI=1S/C18H21N3O2/c1-2-23-18(22)19-17-20(15-9-5-3-6-10-15)13-14-21(17)16-11-7-4-8-12-16/h3-12,17H,2,13-14H2,1H3,(H,19,22). The maximum atomic E-state index is 12.0. The highest BCUT2D eigenvalue weighted by Crippen LogP contribution is 2.26. The molecule has 0 radical (unpaired) electrons. The number of ether oxygens (including phenoxy) is 1. The lowest BCUT2D eigenvalue weighted by Gasteiger charge is -2.32. The molecule has 5 heteroatoms. The summed E-state index contributed by atoms with van der Waals surface area (Å²) in [6.45, 7) is 3.82. The van der Waals surface area contributed by atoms with Crippen LogP contribution in [0.3, 0.4) is 0 Å². The molecule has 0 unspecified atom stereocenters. The van der Waals surface area contributed by atoms with E-state index in [9.17, 15) is 4.79 Å². The summed E-state index contributed by atoms with van der Waals surface area (Å²) in [5.74, 6) is 0. The Balaban J connectivity index is 1.87. The second-order valence-electron chi connectivity index (χ2n) is 5.30. The van der Waals surface area contributed by atoms with Crippen molar-refractivity contribution in [3.63, 3.8) is 0 Å². The maximum absolute atomic E-state index is 12.0. The molecule has 2 aromatic carbocycles. The predicted octanol–water partition coefficient (Wildman–Crippen LogP) is 3.04. The van der Waals surface area contributed by atoms with E-state index in [4.69, 9.17) is 4.74 Å². The van der Waals surface area contributed by atoms with E-state index in [2.05, 4.69) is 15.1 Å². The Morgan fingerprint density at radius 3 is 1.91 bits per heavy atom. The normalized spacial score (nSPS) is 14.8. The molecule has 1 aliphatic rings. The van der Waals surface area contributed by atoms with Crippen molar-refractivity contribution >= 4 is 17.5 Å². The van der Waals surface area contributed by atoms with E-state index >= 15 is 0 Å². The fourth-order valence-corrected chi connectivity index (χ4v) is 2.84. The van der Waals surface area contributed by atoms with Crippen LogP contribution in [-0.2, 0) is 4.74 Å². The Labute approximate surface area is 136 Å². The lowest BCUT2D eigenvalue weighted by Crippen LogP contribution is -2.52. The van der Waals surface area contributed by atoms with Crippen molar-refractivity contribution in [3.8, 4) is 0 Å². The van der Waals surface area contributed by atoms with Gasteiger partial charge in [0.2, 0.25) is 0 Å². The second-order valence-corrected chi connectivity index (χ2v) is 5.30. The van der Waals surface area contributed by atoms with Crippen LogP contribution in [0.25, 0.3) is 0 Å². The van der Waals surface area contributed by atoms with Gasteiger partial charge >= 0.3 is 6.09 Å². The molecule has 0 bridgehead atoms. The van der Waals surface area contributed by atoms with Crippen LogP contribution < -0.4 is 15.1 Å². The van der Waals surface area contributed by atoms with Crippen LogP contribution in [-0.4, -0.2) is 32.1 Å². The molecular weight excluding hydrogens is 290 g/mol. The lowest BCUT2D eigenvalue weighted by molar-refractivity contribution is 0.148. The zero-order valence-corrected chi connectivity index (χ0v) is 13.2. The van der Waals surface area contributed by atoms with Gasteiger partial charge in [0.1, 0.15) is 0 Å². The maximum Gasteiger partial charge on any atom is 0.410 e. The van der Waals surface area contributed by atoms with Gasteiger partial charge in [-0.15, -0.1) is 0 Å². The molecule has 1 saturated heterocycles. The highest BCUT2D eigenvalue weighted by molar-refractivity contribution is 5.70. The van der Waals surface area contributed by atoms with Crippen molar-refractivity contribution in [2.24, 2.45) is 0 Å². The van der Waals surface area contributed by atoms with Crippen LogP contribution in [0.15, 0.2) is 60.7 Å². The van der Waals surface area contributed by atoms with Crippen LogP contribution in [0.5, 0.6) is 0 Å². The Kier molecular flexibility index (Phi) is 4.66. The monoisotopic (exact) mass is 311 g/mol. The van der Waals surface area contributed by atoms with E-state index in [1.54, 1.807) is 6.92 Å². The van der Waals surface area contributed by atoms with E-state index in [1.165, 1.54) is 0 Å². The minimum absolute atomic E-state index is 0.265. The Bertz CT molecular complexity index is 586. The average Bonchev–Trinajstić information content (AvgIpc) is 3.00. The lowest BCUT2D eigenvalue weighted by atomic mass is 10.3. The average molecular weight is 311 g/mol. The van der Waals surface area contributed by atoms with Gasteiger partial charge in [-0.2, -0.15) is 0 Å². The van der Waals surface area contributed by atoms with Gasteiger partial charge in [-0.3, -0.25) is 5.32 Å². The van der Waals surface area contributed by atoms with Crippen LogP contribution in [0.2, 0.25) is 0 Å². The zero-order valence-electron chi connectivity index (χ0n) is 13.2. The Hall–Kier alpha value is -2.69. The van der Waals surface area contributed by atoms with E-state index in [0.717, 1.165) is 24.5 Å². The Morgan fingerprint density at radius 2 is 1.48 bits per heavy atom. The second kappa shape index (κ2) is 7.05. The van der Waals surface area contributed by atoms with Gasteiger partial charge in [-0.05, 0) is 31.2 Å². The van der Waals surface area contributed by atoms with Crippen LogP contribution in [0.1, 0.15) is 6.92 Å². The van der Waals surface area contributed by atoms with E-state index in [-0.39, 0.29) is 6.29 Å². The SMILES string of the molecule is CCOC(=O)NC1N(c2ccccc2)CCN1c1ccccc1. The highest BCUT2D eigenvalue weighted by atomic mass is 16.5. The molecule has 0 saturated carbocycles. The topological polar surface area (TPSA) is 44.8 Å². The molecule has 1 amide bonds. The first-order chi connectivity index (χ1) is 11.3. The minimum atomic E-state index is -0.402. The van der Waals surface area contributed by atoms with Crippen molar-refractivity contribution in [2.45, 2.75) is 13.2 Å². The van der Waals surface area contributed by atoms with Gasteiger partial charge < -0.3 is 14.5 Å². The van der Waals surface area contributed by atoms with Gasteiger partial charge in [0.05, 0.1) is 6.61 Å². The molecule has 3 rings (SSSR count). The van der Waals surface area contributed by atoms with Crippen molar-refractivity contribution in [1.29, 1.82) is 0 Å². The summed E-state index contributed by atoms with van der Waals surface area (Å²) in [7, 11) is 0. The van der Waals surface area contributed by atoms with Gasteiger partial charge in [-0.1, -0.05) is 36.4 Å². The zero-order chi connectivity index (χ0) is 16.1. The Morgan fingerprint density at radius 1 is 1.00 bits per heavy atom. The van der Waals surface area contributed by atoms with Gasteiger partial charge in [0, 0.05) is 24.5 Å². The van der Waals surface area contributed by atoms with Crippen molar-refractivity contribution in [1.82, 2.24) is 5.32 Å². The van der Waals surface area contributed by atoms with E-state index in [0.29, 0.717) is 6.61 Å². The number of nitrogens with one attached hydrogen (secondary N) is 1. The summed E-state index contributed by atoms with van der Waals surface area (Å²) in [4.78, 5) is 16.3. The molecule has 5 nitrogen and oxygen atoms in total. The predicted molar refractivity (Wildman–Crippen MR) is 91.5 cm³/mol. The van der Waals surface area contributed by atoms with Crippen LogP contribution in [0, 0.1) is 0 Å². The summed E-state index contributed by atoms with van der Waals surface area (Å²) in [5, 5.41) is 2.97. The van der Waals surface area contributed by atoms with Gasteiger partial charge in [-0.25, -0.2) is 4.79 Å². The number of carbonyl (C=O) groups is 1. The molecule has 0 aliphatic carbocycles. The summed E-state index contributed by atoms with van der Waals surface area (Å²) >= 11 is 0. The molecule has 0 aromatic heterocycles. The number of amides is 1. The number of hydrogen-bond donors (Lipinski definition) is 1. The first-order valence-electron chi connectivity index (χ1n) is 7.86. The number of benzene rings is 2. The third-order valence-corrected chi connectivity index (χ3v) is 3.87. The summed E-state index contributed by atoms with van der Waals surface area (Å²) in [6.07, 6.45) is -0.667. The van der Waals surface area contributed by atoms with Gasteiger partial charge in [0.25, 0.3) is 0 Å². The van der Waals surface area contributed by atoms with Gasteiger partial charge in [0.15, 0.2) is 6.29 Å². The fraction of sp³-hybridized carbons (Fsp3) is 0.278. The number of nitrogens with zero attached hydrogens (tertiary/aromatic N) is 2. The first kappa shape index (κ1) is 15.2. The number of carbonyl (C=O) groups excluding carboxylic acids is 1. The number of alkyl carbamates (subject to hydrolysis) is 1. The molecule has 1 fully saturated rings. The molecule has 120 valence electrons. The van der Waals surface area contributed by atoms with E-state index < -0.39 is 6.09 Å². The fourth-order valence-electron chi connectivity index (χ4n) is 2.84.